The van der Waals surface area contributed by atoms with Gasteiger partial charge in [-0.1, -0.05) is 18.9 Å². The number of fused-ring (bicyclic) bond motifs is 3. The van der Waals surface area contributed by atoms with E-state index in [0.29, 0.717) is 18.9 Å². The zero-order valence-corrected chi connectivity index (χ0v) is 19.5. The Morgan fingerprint density at radius 2 is 1.85 bits per heavy atom. The lowest BCUT2D eigenvalue weighted by atomic mass is 9.71. The lowest BCUT2D eigenvalue weighted by molar-refractivity contribution is -0.118. The molecule has 1 amide bonds. The van der Waals surface area contributed by atoms with E-state index in [9.17, 15) is 13.2 Å². The Labute approximate surface area is 194 Å². The van der Waals surface area contributed by atoms with E-state index < -0.39 is 10.0 Å². The smallest absolute Gasteiger partial charge is 0.238 e. The van der Waals surface area contributed by atoms with E-state index in [1.807, 2.05) is 0 Å². The van der Waals surface area contributed by atoms with Crippen LogP contribution in [0.4, 0.5) is 5.69 Å². The van der Waals surface area contributed by atoms with Crippen molar-refractivity contribution in [2.24, 2.45) is 5.14 Å². The molecule has 5 rings (SSSR count). The van der Waals surface area contributed by atoms with E-state index in [4.69, 9.17) is 14.6 Å². The van der Waals surface area contributed by atoms with E-state index in [1.54, 1.807) is 12.1 Å². The van der Waals surface area contributed by atoms with E-state index in [0.717, 1.165) is 30.9 Å². The lowest BCUT2D eigenvalue weighted by Crippen LogP contribution is -2.48. The van der Waals surface area contributed by atoms with Gasteiger partial charge in [0.25, 0.3) is 0 Å². The number of anilines is 1. The van der Waals surface area contributed by atoms with E-state index in [2.05, 4.69) is 29.3 Å². The van der Waals surface area contributed by atoms with Crippen molar-refractivity contribution in [1.82, 2.24) is 4.90 Å². The molecule has 1 fully saturated rings. The van der Waals surface area contributed by atoms with Crippen molar-refractivity contribution in [2.45, 2.75) is 49.0 Å². The molecule has 176 valence electrons. The third-order valence-electron chi connectivity index (χ3n) is 7.14. The second-order valence-corrected chi connectivity index (χ2v) is 10.8. The van der Waals surface area contributed by atoms with Gasteiger partial charge in [-0.05, 0) is 61.2 Å². The number of hydrogen-bond acceptors (Lipinski definition) is 6. The SMILES string of the molecule is C[C@@H]1c2cc3c(cc2C2(CCCC2)CN1CC(=O)Nc1cccc(S(N)(=O)=O)c1)OCCO3. The number of nitrogens with zero attached hydrogens (tertiary/aromatic N) is 1. The Bertz CT molecular complexity index is 1190. The van der Waals surface area contributed by atoms with E-state index in [1.165, 1.54) is 36.1 Å². The number of hydrogen-bond donors (Lipinski definition) is 2. The minimum Gasteiger partial charge on any atom is -0.486 e. The van der Waals surface area contributed by atoms with E-state index in [-0.39, 0.29) is 28.8 Å². The summed E-state index contributed by atoms with van der Waals surface area (Å²) in [5.41, 5.74) is 2.93. The summed E-state index contributed by atoms with van der Waals surface area (Å²) in [4.78, 5) is 15.1. The zero-order chi connectivity index (χ0) is 23.2. The van der Waals surface area contributed by atoms with Crippen LogP contribution in [0.25, 0.3) is 0 Å². The Hall–Kier alpha value is -2.62. The first kappa shape index (κ1) is 22.2. The van der Waals surface area contributed by atoms with Gasteiger partial charge < -0.3 is 14.8 Å². The fourth-order valence-electron chi connectivity index (χ4n) is 5.52. The van der Waals surface area contributed by atoms with Crippen LogP contribution in [0.5, 0.6) is 11.5 Å². The van der Waals surface area contributed by atoms with Gasteiger partial charge in [0.15, 0.2) is 11.5 Å². The van der Waals surface area contributed by atoms with Crippen LogP contribution < -0.4 is 19.9 Å². The normalized spacial score (nSPS) is 21.6. The third kappa shape index (κ3) is 4.20. The van der Waals surface area contributed by atoms with Crippen LogP contribution in [0.1, 0.15) is 49.8 Å². The summed E-state index contributed by atoms with van der Waals surface area (Å²) in [6, 6.07) is 10.3. The molecule has 1 atom stereocenters. The average molecular weight is 472 g/mol. The number of carbonyl (C=O) groups excluding carboxylic acids is 1. The van der Waals surface area contributed by atoms with Crippen molar-refractivity contribution >= 4 is 21.6 Å². The highest BCUT2D eigenvalue weighted by Crippen LogP contribution is 2.51. The van der Waals surface area contributed by atoms with Gasteiger partial charge in [0.2, 0.25) is 15.9 Å². The summed E-state index contributed by atoms with van der Waals surface area (Å²) in [6.45, 7) is 4.22. The molecule has 2 heterocycles. The van der Waals surface area contributed by atoms with Gasteiger partial charge in [0.05, 0.1) is 11.4 Å². The molecule has 2 aromatic rings. The molecule has 0 saturated heterocycles. The van der Waals surface area contributed by atoms with E-state index >= 15 is 0 Å². The number of carbonyl (C=O) groups is 1. The summed E-state index contributed by atoms with van der Waals surface area (Å²) in [7, 11) is -3.84. The maximum Gasteiger partial charge on any atom is 0.238 e. The molecule has 3 aliphatic rings. The fourth-order valence-corrected chi connectivity index (χ4v) is 6.08. The third-order valence-corrected chi connectivity index (χ3v) is 8.05. The molecule has 2 aliphatic heterocycles. The molecular formula is C24H29N3O5S. The first-order chi connectivity index (χ1) is 15.7. The lowest BCUT2D eigenvalue weighted by Gasteiger charge is -2.46. The number of ether oxygens (including phenoxy) is 2. The summed E-state index contributed by atoms with van der Waals surface area (Å²) < 4.78 is 35.0. The Morgan fingerprint density at radius 3 is 2.55 bits per heavy atom. The Kier molecular flexibility index (Phi) is 5.58. The predicted octanol–water partition coefficient (Wildman–Crippen LogP) is 2.93. The topological polar surface area (TPSA) is 111 Å². The maximum absolute atomic E-state index is 13.0. The van der Waals surface area contributed by atoms with Crippen molar-refractivity contribution in [3.8, 4) is 11.5 Å². The summed E-state index contributed by atoms with van der Waals surface area (Å²) in [5.74, 6) is 1.40. The van der Waals surface area contributed by atoms with Gasteiger partial charge in [0.1, 0.15) is 13.2 Å². The van der Waals surface area contributed by atoms with Crippen molar-refractivity contribution < 1.29 is 22.7 Å². The van der Waals surface area contributed by atoms with Crippen LogP contribution >= 0.6 is 0 Å². The first-order valence-electron chi connectivity index (χ1n) is 11.4. The van der Waals surface area contributed by atoms with Gasteiger partial charge in [-0.25, -0.2) is 13.6 Å². The average Bonchev–Trinajstić information content (AvgIpc) is 3.25. The molecule has 1 saturated carbocycles. The highest BCUT2D eigenvalue weighted by Gasteiger charge is 2.45. The molecule has 9 heteroatoms. The second kappa shape index (κ2) is 8.30. The standard InChI is InChI=1S/C24H29N3O5S/c1-16-19-12-21-22(32-10-9-31-21)13-20(19)24(7-2-3-8-24)15-27(16)14-23(28)26-17-5-4-6-18(11-17)33(25,29)30/h4-6,11-13,16H,2-3,7-10,14-15H2,1H3,(H,26,28)(H2,25,29,30)/t16-/m1/s1. The molecule has 0 aromatic heterocycles. The van der Waals surface area contributed by atoms with Crippen LogP contribution in [0.2, 0.25) is 0 Å². The Morgan fingerprint density at radius 1 is 1.15 bits per heavy atom. The molecule has 1 spiro atoms. The molecule has 0 bridgehead atoms. The quantitative estimate of drug-likeness (QED) is 0.709. The van der Waals surface area contributed by atoms with Gasteiger partial charge in [0, 0.05) is 23.7 Å². The van der Waals surface area contributed by atoms with Gasteiger partial charge in [-0.2, -0.15) is 0 Å². The summed E-state index contributed by atoms with van der Waals surface area (Å²) in [5, 5.41) is 8.05. The Balaban J connectivity index is 1.40. The maximum atomic E-state index is 13.0. The van der Waals surface area contributed by atoms with Gasteiger partial charge >= 0.3 is 0 Å². The minimum atomic E-state index is -3.84. The number of sulfonamides is 1. The number of nitrogens with one attached hydrogen (secondary N) is 1. The van der Waals surface area contributed by atoms with Crippen LogP contribution in [0, 0.1) is 0 Å². The second-order valence-electron chi connectivity index (χ2n) is 9.27. The highest BCUT2D eigenvalue weighted by molar-refractivity contribution is 7.89. The molecular weight excluding hydrogens is 442 g/mol. The number of nitrogens with two attached hydrogens (primary N) is 1. The monoisotopic (exact) mass is 471 g/mol. The molecule has 2 aromatic carbocycles. The largest absolute Gasteiger partial charge is 0.486 e. The van der Waals surface area contributed by atoms with Crippen molar-refractivity contribution in [1.29, 1.82) is 0 Å². The number of rotatable bonds is 4. The molecule has 33 heavy (non-hydrogen) atoms. The number of primary sulfonamides is 1. The van der Waals surface area contributed by atoms with Crippen molar-refractivity contribution in [2.75, 3.05) is 31.6 Å². The van der Waals surface area contributed by atoms with Crippen LogP contribution in [-0.4, -0.2) is 45.5 Å². The van der Waals surface area contributed by atoms with Crippen LogP contribution in [0.15, 0.2) is 41.3 Å². The number of benzene rings is 2. The van der Waals surface area contributed by atoms with Gasteiger partial charge in [-0.15, -0.1) is 0 Å². The predicted molar refractivity (Wildman–Crippen MR) is 124 cm³/mol. The molecule has 0 unspecified atom stereocenters. The highest BCUT2D eigenvalue weighted by atomic mass is 32.2. The summed E-state index contributed by atoms with van der Waals surface area (Å²) in [6.07, 6.45) is 4.51. The van der Waals surface area contributed by atoms with Crippen molar-refractivity contribution in [3.63, 3.8) is 0 Å². The molecule has 3 N–H and O–H groups in total. The zero-order valence-electron chi connectivity index (χ0n) is 18.7. The van der Waals surface area contributed by atoms with Crippen LogP contribution in [0.3, 0.4) is 0 Å². The fraction of sp³-hybridized carbons (Fsp3) is 0.458. The molecule has 8 nitrogen and oxygen atoms in total. The molecule has 1 aliphatic carbocycles. The summed E-state index contributed by atoms with van der Waals surface area (Å²) >= 11 is 0. The van der Waals surface area contributed by atoms with Crippen LogP contribution in [-0.2, 0) is 20.2 Å². The first-order valence-corrected chi connectivity index (χ1v) is 12.9. The van der Waals surface area contributed by atoms with Crippen molar-refractivity contribution in [3.05, 3.63) is 47.5 Å². The minimum absolute atomic E-state index is 0.00546. The molecule has 0 radical (unpaired) electrons. The number of amides is 1. The van der Waals surface area contributed by atoms with Gasteiger partial charge in [-0.3, -0.25) is 9.69 Å².